The Morgan fingerprint density at radius 2 is 1.87 bits per heavy atom. The molecule has 0 spiro atoms. The summed E-state index contributed by atoms with van der Waals surface area (Å²) in [5.74, 6) is 1.05. The Kier molecular flexibility index (Phi) is 6.08. The molecule has 2 aliphatic rings. The van der Waals surface area contributed by atoms with Gasteiger partial charge in [0.25, 0.3) is 11.6 Å². The summed E-state index contributed by atoms with van der Waals surface area (Å²) >= 11 is 1.37. The molecule has 0 saturated heterocycles. The number of amides is 1. The van der Waals surface area contributed by atoms with Crippen molar-refractivity contribution >= 4 is 40.5 Å². The molecule has 3 aromatic carbocycles. The molecule has 0 atom stereocenters. The van der Waals surface area contributed by atoms with Crippen LogP contribution >= 0.6 is 11.3 Å². The van der Waals surface area contributed by atoms with Gasteiger partial charge in [0.2, 0.25) is 11.6 Å². The highest BCUT2D eigenvalue weighted by atomic mass is 32.1. The largest absolute Gasteiger partial charge is 0.482 e. The van der Waals surface area contributed by atoms with Crippen LogP contribution in [0, 0.1) is 24.0 Å². The Labute approximate surface area is 225 Å². The first-order valence-corrected chi connectivity index (χ1v) is 12.8. The number of nitro benzene ring substituents is 1. The molecule has 0 saturated carbocycles. The van der Waals surface area contributed by atoms with Gasteiger partial charge >= 0.3 is 0 Å². The van der Waals surface area contributed by atoms with E-state index in [4.69, 9.17) is 19.2 Å². The first-order valence-electron chi connectivity index (χ1n) is 11.9. The number of fused-ring (bicyclic) bond motifs is 2. The highest BCUT2D eigenvalue weighted by molar-refractivity contribution is 7.07. The molecule has 0 bridgehead atoms. The minimum Gasteiger partial charge on any atom is -0.482 e. The normalized spacial score (nSPS) is 14.3. The van der Waals surface area contributed by atoms with E-state index in [-0.39, 0.29) is 30.6 Å². The molecule has 39 heavy (non-hydrogen) atoms. The van der Waals surface area contributed by atoms with Crippen molar-refractivity contribution in [3.8, 4) is 28.5 Å². The minimum absolute atomic E-state index is 0.00599. The number of aromatic nitrogens is 1. The van der Waals surface area contributed by atoms with E-state index in [2.05, 4.69) is 10.4 Å². The molecule has 6 rings (SSSR count). The lowest BCUT2D eigenvalue weighted by molar-refractivity contribution is -0.385. The number of nitro groups is 1. The maximum absolute atomic E-state index is 11.9. The molecule has 1 aromatic heterocycles. The van der Waals surface area contributed by atoms with Crippen molar-refractivity contribution in [2.75, 3.05) is 18.7 Å². The van der Waals surface area contributed by atoms with Gasteiger partial charge in [0.1, 0.15) is 5.75 Å². The molecule has 0 unspecified atom stereocenters. The number of nitrogens with one attached hydrogen (secondary N) is 1. The smallest absolute Gasteiger partial charge is 0.282 e. The second-order valence-electron chi connectivity index (χ2n) is 8.93. The van der Waals surface area contributed by atoms with Gasteiger partial charge in [-0.2, -0.15) is 5.10 Å². The Bertz CT molecular complexity index is 1760. The van der Waals surface area contributed by atoms with Crippen LogP contribution in [-0.2, 0) is 4.79 Å². The van der Waals surface area contributed by atoms with Crippen LogP contribution in [0.1, 0.15) is 16.7 Å². The molecule has 3 heterocycles. The maximum atomic E-state index is 11.9. The van der Waals surface area contributed by atoms with Gasteiger partial charge < -0.3 is 19.5 Å². The van der Waals surface area contributed by atoms with Crippen molar-refractivity contribution in [3.05, 3.63) is 85.5 Å². The van der Waals surface area contributed by atoms with E-state index in [0.717, 1.165) is 22.4 Å². The zero-order chi connectivity index (χ0) is 27.1. The number of hydrogen-bond acceptors (Lipinski definition) is 9. The van der Waals surface area contributed by atoms with E-state index in [1.165, 1.54) is 29.7 Å². The first kappa shape index (κ1) is 24.4. The number of hydrogen-bond donors (Lipinski definition) is 1. The Morgan fingerprint density at radius 1 is 1.05 bits per heavy atom. The van der Waals surface area contributed by atoms with Crippen LogP contribution in [0.4, 0.5) is 17.1 Å². The standard InChI is InChI=1S/C27H21N5O6S/c1-15-3-4-16(2)19(7-15)30-27-31(28-11-18-9-24-25(38-14-37-24)10-21(18)32(34)35)22(13-39-27)17-5-6-23-20(8-17)29-26(33)12-36-23/h3-11,13H,12,14H2,1-2H3,(H,29,33). The molecule has 1 N–H and O–H groups in total. The van der Waals surface area contributed by atoms with Crippen LogP contribution in [0.25, 0.3) is 11.3 Å². The van der Waals surface area contributed by atoms with Gasteiger partial charge in [-0.1, -0.05) is 12.1 Å². The molecule has 196 valence electrons. The zero-order valence-electron chi connectivity index (χ0n) is 20.8. The van der Waals surface area contributed by atoms with E-state index >= 15 is 0 Å². The average Bonchev–Trinajstić information content (AvgIpc) is 3.54. The second-order valence-corrected chi connectivity index (χ2v) is 9.77. The predicted octanol–water partition coefficient (Wildman–Crippen LogP) is 4.92. The number of nitrogens with zero attached hydrogens (tertiary/aromatic N) is 4. The topological polar surface area (TPSA) is 130 Å². The molecular weight excluding hydrogens is 522 g/mol. The summed E-state index contributed by atoms with van der Waals surface area (Å²) in [6.45, 7) is 3.92. The van der Waals surface area contributed by atoms with Gasteiger partial charge in [-0.3, -0.25) is 14.9 Å². The molecule has 2 aliphatic heterocycles. The summed E-state index contributed by atoms with van der Waals surface area (Å²) in [7, 11) is 0. The number of rotatable bonds is 5. The van der Waals surface area contributed by atoms with Crippen molar-refractivity contribution in [3.63, 3.8) is 0 Å². The number of benzene rings is 3. The van der Waals surface area contributed by atoms with E-state index in [9.17, 15) is 14.9 Å². The lowest BCUT2D eigenvalue weighted by Gasteiger charge is -2.18. The van der Waals surface area contributed by atoms with Gasteiger partial charge in [-0.15, -0.1) is 11.3 Å². The van der Waals surface area contributed by atoms with Gasteiger partial charge in [0.15, 0.2) is 18.1 Å². The fourth-order valence-corrected chi connectivity index (χ4v) is 5.05. The Balaban J connectivity index is 1.51. The lowest BCUT2D eigenvalue weighted by Crippen LogP contribution is -2.25. The molecule has 0 fully saturated rings. The van der Waals surface area contributed by atoms with Gasteiger partial charge in [-0.25, -0.2) is 9.67 Å². The van der Waals surface area contributed by atoms with E-state index in [0.29, 0.717) is 33.4 Å². The number of carbonyl (C=O) groups is 1. The van der Waals surface area contributed by atoms with Crippen LogP contribution in [0.2, 0.25) is 0 Å². The van der Waals surface area contributed by atoms with Gasteiger partial charge in [0, 0.05) is 10.9 Å². The summed E-state index contributed by atoms with van der Waals surface area (Å²) in [6.07, 6.45) is 1.40. The molecule has 12 heteroatoms. The van der Waals surface area contributed by atoms with Crippen molar-refractivity contribution in [2.45, 2.75) is 13.8 Å². The molecule has 4 aromatic rings. The third-order valence-corrected chi connectivity index (χ3v) is 7.02. The number of aryl methyl sites for hydroxylation is 2. The number of carbonyl (C=O) groups excluding carboxylic acids is 1. The Morgan fingerprint density at radius 3 is 2.69 bits per heavy atom. The quantitative estimate of drug-likeness (QED) is 0.216. The summed E-state index contributed by atoms with van der Waals surface area (Å²) in [5.41, 5.74) is 4.89. The number of ether oxygens (including phenoxy) is 3. The van der Waals surface area contributed by atoms with Crippen LogP contribution in [0.15, 0.2) is 64.0 Å². The summed E-state index contributed by atoms with van der Waals surface area (Å²) in [5, 5.41) is 21.1. The van der Waals surface area contributed by atoms with Crippen molar-refractivity contribution in [1.82, 2.24) is 4.68 Å². The summed E-state index contributed by atoms with van der Waals surface area (Å²) < 4.78 is 17.8. The van der Waals surface area contributed by atoms with E-state index in [1.807, 2.05) is 43.5 Å². The highest BCUT2D eigenvalue weighted by Crippen LogP contribution is 2.37. The van der Waals surface area contributed by atoms with Crippen molar-refractivity contribution < 1.29 is 23.9 Å². The van der Waals surface area contributed by atoms with E-state index in [1.54, 1.807) is 16.8 Å². The molecule has 1 amide bonds. The predicted molar refractivity (Wildman–Crippen MR) is 145 cm³/mol. The summed E-state index contributed by atoms with van der Waals surface area (Å²) in [6, 6.07) is 14.3. The monoisotopic (exact) mass is 543 g/mol. The molecular formula is C27H21N5O6S. The molecule has 11 nitrogen and oxygen atoms in total. The van der Waals surface area contributed by atoms with Crippen molar-refractivity contribution in [2.24, 2.45) is 10.1 Å². The van der Waals surface area contributed by atoms with Crippen LogP contribution in [-0.4, -0.2) is 35.1 Å². The van der Waals surface area contributed by atoms with Crippen molar-refractivity contribution in [1.29, 1.82) is 0 Å². The van der Waals surface area contributed by atoms with Crippen LogP contribution in [0.5, 0.6) is 17.2 Å². The van der Waals surface area contributed by atoms with E-state index < -0.39 is 4.92 Å². The summed E-state index contributed by atoms with van der Waals surface area (Å²) in [4.78, 5) is 28.6. The zero-order valence-corrected chi connectivity index (χ0v) is 21.7. The number of anilines is 1. The first-order chi connectivity index (χ1) is 18.9. The average molecular weight is 544 g/mol. The number of thiazole rings is 1. The third-order valence-electron chi connectivity index (χ3n) is 6.21. The van der Waals surface area contributed by atoms with Gasteiger partial charge in [0.05, 0.1) is 39.8 Å². The Hall–Kier alpha value is -4.97. The lowest BCUT2D eigenvalue weighted by atomic mass is 10.1. The molecule has 0 radical (unpaired) electrons. The second kappa shape index (κ2) is 9.72. The fourth-order valence-electron chi connectivity index (χ4n) is 4.20. The minimum atomic E-state index is -0.490. The molecule has 0 aliphatic carbocycles. The highest BCUT2D eigenvalue weighted by Gasteiger charge is 2.23. The van der Waals surface area contributed by atoms with Gasteiger partial charge in [-0.05, 0) is 55.3 Å². The third kappa shape index (κ3) is 4.73. The SMILES string of the molecule is Cc1ccc(C)c(N=c2scc(-c3ccc4c(c3)NC(=O)CO4)n2N=Cc2cc3c(cc2[N+](=O)[O-])OCO3)c1. The maximum Gasteiger partial charge on any atom is 0.282 e. The van der Waals surface area contributed by atoms with Crippen LogP contribution < -0.4 is 24.3 Å². The van der Waals surface area contributed by atoms with Crippen LogP contribution in [0.3, 0.4) is 0 Å². The fraction of sp³-hybridized carbons (Fsp3) is 0.148.